The van der Waals surface area contributed by atoms with E-state index in [-0.39, 0.29) is 12.1 Å². The summed E-state index contributed by atoms with van der Waals surface area (Å²) in [6.45, 7) is 6.19. The molecule has 17 heavy (non-hydrogen) atoms. The Labute approximate surface area is 103 Å². The van der Waals surface area contributed by atoms with Gasteiger partial charge < -0.3 is 10.4 Å². The van der Waals surface area contributed by atoms with Gasteiger partial charge in [0.05, 0.1) is 18.0 Å². The first kappa shape index (κ1) is 12.6. The van der Waals surface area contributed by atoms with Crippen LogP contribution in [0.1, 0.15) is 44.5 Å². The molecule has 0 unspecified atom stereocenters. The van der Waals surface area contributed by atoms with E-state index in [0.29, 0.717) is 0 Å². The van der Waals surface area contributed by atoms with Crippen molar-refractivity contribution in [1.82, 2.24) is 15.1 Å². The van der Waals surface area contributed by atoms with Gasteiger partial charge in [0.15, 0.2) is 0 Å². The van der Waals surface area contributed by atoms with Crippen LogP contribution in [0.5, 0.6) is 0 Å². The van der Waals surface area contributed by atoms with Gasteiger partial charge >= 0.3 is 0 Å². The number of hydrogen-bond donors (Lipinski definition) is 2. The van der Waals surface area contributed by atoms with Gasteiger partial charge in [-0.25, -0.2) is 0 Å². The molecule has 1 heterocycles. The van der Waals surface area contributed by atoms with Gasteiger partial charge in [0.1, 0.15) is 0 Å². The largest absolute Gasteiger partial charge is 0.394 e. The number of aliphatic hydroxyl groups is 1. The molecule has 4 heteroatoms. The van der Waals surface area contributed by atoms with Crippen LogP contribution in [0.3, 0.4) is 0 Å². The highest BCUT2D eigenvalue weighted by atomic mass is 16.3. The molecular weight excluding hydrogens is 214 g/mol. The maximum absolute atomic E-state index is 9.41. The van der Waals surface area contributed by atoms with E-state index in [1.807, 2.05) is 0 Å². The average Bonchev–Trinajstić information content (AvgIpc) is 2.71. The molecule has 0 amide bonds. The van der Waals surface area contributed by atoms with E-state index < -0.39 is 0 Å². The van der Waals surface area contributed by atoms with Crippen LogP contribution in [-0.4, -0.2) is 27.0 Å². The predicted octanol–water partition coefficient (Wildman–Crippen LogP) is 1.47. The molecule has 1 aliphatic rings. The molecule has 1 aromatic heterocycles. The molecule has 0 bridgehead atoms. The second kappa shape index (κ2) is 5.19. The summed E-state index contributed by atoms with van der Waals surface area (Å²) in [4.78, 5) is 0. The molecule has 1 saturated carbocycles. The monoisotopic (exact) mass is 237 g/mol. The highest BCUT2D eigenvalue weighted by molar-refractivity contribution is 5.11. The Balaban J connectivity index is 2.00. The molecular formula is C13H23N3O. The van der Waals surface area contributed by atoms with E-state index in [9.17, 15) is 5.11 Å². The van der Waals surface area contributed by atoms with Crippen molar-refractivity contribution in [3.05, 3.63) is 17.5 Å². The van der Waals surface area contributed by atoms with Crippen molar-refractivity contribution in [2.75, 3.05) is 6.61 Å². The highest BCUT2D eigenvalue weighted by Crippen LogP contribution is 2.31. The molecule has 2 rings (SSSR count). The predicted molar refractivity (Wildman–Crippen MR) is 67.8 cm³/mol. The molecule has 0 saturated heterocycles. The Morgan fingerprint density at radius 3 is 2.71 bits per heavy atom. The Morgan fingerprint density at radius 2 is 2.24 bits per heavy atom. The Hall–Kier alpha value is -0.870. The summed E-state index contributed by atoms with van der Waals surface area (Å²) in [5, 5.41) is 17.4. The lowest BCUT2D eigenvalue weighted by Gasteiger charge is -2.41. The third-order valence-electron chi connectivity index (χ3n) is 3.83. The van der Waals surface area contributed by atoms with Crippen molar-refractivity contribution in [1.29, 1.82) is 0 Å². The van der Waals surface area contributed by atoms with Crippen LogP contribution in [0.15, 0.2) is 6.07 Å². The summed E-state index contributed by atoms with van der Waals surface area (Å²) in [6.07, 6.45) is 4.38. The summed E-state index contributed by atoms with van der Waals surface area (Å²) in [5.41, 5.74) is 2.36. The lowest BCUT2D eigenvalue weighted by molar-refractivity contribution is 0.0864. The van der Waals surface area contributed by atoms with E-state index in [2.05, 4.69) is 35.0 Å². The topological polar surface area (TPSA) is 50.1 Å². The zero-order valence-electron chi connectivity index (χ0n) is 10.9. The van der Waals surface area contributed by atoms with E-state index in [0.717, 1.165) is 38.0 Å². The highest BCUT2D eigenvalue weighted by Gasteiger charge is 2.35. The quantitative estimate of drug-likeness (QED) is 0.787. The van der Waals surface area contributed by atoms with E-state index in [4.69, 9.17) is 0 Å². The van der Waals surface area contributed by atoms with Crippen molar-refractivity contribution in [3.8, 4) is 0 Å². The van der Waals surface area contributed by atoms with Crippen LogP contribution < -0.4 is 5.32 Å². The third-order valence-corrected chi connectivity index (χ3v) is 3.83. The first-order valence-corrected chi connectivity index (χ1v) is 6.64. The molecule has 0 atom stereocenters. The molecule has 4 nitrogen and oxygen atoms in total. The average molecular weight is 237 g/mol. The van der Waals surface area contributed by atoms with Crippen molar-refractivity contribution >= 4 is 0 Å². The van der Waals surface area contributed by atoms with Gasteiger partial charge in [-0.3, -0.25) is 4.68 Å². The van der Waals surface area contributed by atoms with Gasteiger partial charge in [0.25, 0.3) is 0 Å². The molecule has 2 N–H and O–H groups in total. The summed E-state index contributed by atoms with van der Waals surface area (Å²) < 4.78 is 2.05. The standard InChI is InChI=1S/C13H23N3O/c1-3-11-8-12(16(4-2)15-11)9-14-13(10-17)6-5-7-13/h8,14,17H,3-7,9-10H2,1-2H3. The van der Waals surface area contributed by atoms with Gasteiger partial charge in [-0.15, -0.1) is 0 Å². The summed E-state index contributed by atoms with van der Waals surface area (Å²) in [7, 11) is 0. The first-order chi connectivity index (χ1) is 8.23. The number of rotatable bonds is 6. The van der Waals surface area contributed by atoms with Gasteiger partial charge in [0.2, 0.25) is 0 Å². The van der Waals surface area contributed by atoms with Crippen LogP contribution in [0.4, 0.5) is 0 Å². The van der Waals surface area contributed by atoms with Crippen LogP contribution in [0, 0.1) is 0 Å². The van der Waals surface area contributed by atoms with Gasteiger partial charge in [-0.2, -0.15) is 5.10 Å². The SMILES string of the molecule is CCc1cc(CNC2(CO)CCC2)n(CC)n1. The molecule has 1 aliphatic carbocycles. The molecule has 0 aromatic carbocycles. The lowest BCUT2D eigenvalue weighted by Crippen LogP contribution is -2.53. The fraction of sp³-hybridized carbons (Fsp3) is 0.769. The first-order valence-electron chi connectivity index (χ1n) is 6.64. The van der Waals surface area contributed by atoms with E-state index in [1.165, 1.54) is 12.1 Å². The van der Waals surface area contributed by atoms with Gasteiger partial charge in [0, 0.05) is 18.6 Å². The summed E-state index contributed by atoms with van der Waals surface area (Å²) in [6, 6.07) is 2.17. The van der Waals surface area contributed by atoms with E-state index in [1.54, 1.807) is 0 Å². The molecule has 96 valence electrons. The van der Waals surface area contributed by atoms with Gasteiger partial charge in [-0.1, -0.05) is 6.92 Å². The van der Waals surface area contributed by atoms with Crippen LogP contribution in [-0.2, 0) is 19.5 Å². The Bertz CT molecular complexity index is 363. The van der Waals surface area contributed by atoms with Crippen molar-refractivity contribution in [2.24, 2.45) is 0 Å². The number of nitrogens with zero attached hydrogens (tertiary/aromatic N) is 2. The Morgan fingerprint density at radius 1 is 1.47 bits per heavy atom. The van der Waals surface area contributed by atoms with Crippen LogP contribution >= 0.6 is 0 Å². The maximum Gasteiger partial charge on any atom is 0.0625 e. The maximum atomic E-state index is 9.41. The van der Waals surface area contributed by atoms with Crippen LogP contribution in [0.25, 0.3) is 0 Å². The number of hydrogen-bond acceptors (Lipinski definition) is 3. The number of aryl methyl sites for hydroxylation is 2. The smallest absolute Gasteiger partial charge is 0.0625 e. The molecule has 0 aliphatic heterocycles. The summed E-state index contributed by atoms with van der Waals surface area (Å²) in [5.74, 6) is 0. The molecule has 1 aromatic rings. The fourth-order valence-corrected chi connectivity index (χ4v) is 2.38. The second-order valence-corrected chi connectivity index (χ2v) is 4.94. The third kappa shape index (κ3) is 2.53. The van der Waals surface area contributed by atoms with Crippen molar-refractivity contribution in [3.63, 3.8) is 0 Å². The number of aliphatic hydroxyl groups excluding tert-OH is 1. The molecule has 0 radical (unpaired) electrons. The number of aromatic nitrogens is 2. The minimum atomic E-state index is -0.0186. The Kier molecular flexibility index (Phi) is 3.84. The zero-order valence-corrected chi connectivity index (χ0v) is 10.9. The van der Waals surface area contributed by atoms with Crippen LogP contribution in [0.2, 0.25) is 0 Å². The zero-order chi connectivity index (χ0) is 12.3. The van der Waals surface area contributed by atoms with E-state index >= 15 is 0 Å². The fourth-order valence-electron chi connectivity index (χ4n) is 2.38. The van der Waals surface area contributed by atoms with Gasteiger partial charge in [-0.05, 0) is 38.7 Å². The second-order valence-electron chi connectivity index (χ2n) is 4.94. The van der Waals surface area contributed by atoms with Crippen molar-refractivity contribution in [2.45, 2.75) is 58.2 Å². The minimum Gasteiger partial charge on any atom is -0.394 e. The minimum absolute atomic E-state index is 0.0186. The van der Waals surface area contributed by atoms with Crippen molar-refractivity contribution < 1.29 is 5.11 Å². The number of nitrogens with one attached hydrogen (secondary N) is 1. The normalized spacial score (nSPS) is 18.1. The summed E-state index contributed by atoms with van der Waals surface area (Å²) >= 11 is 0. The molecule has 1 fully saturated rings. The lowest BCUT2D eigenvalue weighted by atomic mass is 9.77. The molecule has 0 spiro atoms.